The van der Waals surface area contributed by atoms with Gasteiger partial charge in [-0.05, 0) is 37.3 Å². The van der Waals surface area contributed by atoms with E-state index < -0.39 is 0 Å². The third kappa shape index (κ3) is 3.19. The number of aryl methyl sites for hydroxylation is 1. The van der Waals surface area contributed by atoms with Gasteiger partial charge in [-0.15, -0.1) is 0 Å². The Balaban J connectivity index is 1.82. The Hall–Kier alpha value is -2.00. The van der Waals surface area contributed by atoms with Crippen molar-refractivity contribution in [1.29, 1.82) is 0 Å². The highest BCUT2D eigenvalue weighted by Gasteiger charge is 2.30. The minimum absolute atomic E-state index is 0.0150. The molecule has 0 aliphatic carbocycles. The number of thioether (sulfide) groups is 1. The fourth-order valence-electron chi connectivity index (χ4n) is 2.14. The zero-order valence-electron chi connectivity index (χ0n) is 11.9. The SMILES string of the molecule is C=C[C@@H]1OC(c2ccc(C)cc2)=N[C@H]1Sc1ccccc1. The molecule has 106 valence electrons. The summed E-state index contributed by atoms with van der Waals surface area (Å²) in [5.74, 6) is 0.702. The van der Waals surface area contributed by atoms with Crippen molar-refractivity contribution in [2.45, 2.75) is 23.3 Å². The molecule has 0 unspecified atom stereocenters. The highest BCUT2D eigenvalue weighted by Crippen LogP contribution is 2.32. The van der Waals surface area contributed by atoms with E-state index in [1.807, 2.05) is 36.4 Å². The second-order valence-electron chi connectivity index (χ2n) is 4.94. The Morgan fingerprint density at radius 2 is 1.81 bits per heavy atom. The van der Waals surface area contributed by atoms with Crippen LogP contribution in [0.1, 0.15) is 11.1 Å². The van der Waals surface area contributed by atoms with E-state index in [0.29, 0.717) is 5.90 Å². The molecule has 21 heavy (non-hydrogen) atoms. The summed E-state index contributed by atoms with van der Waals surface area (Å²) >= 11 is 1.70. The first kappa shape index (κ1) is 14.0. The first-order valence-electron chi connectivity index (χ1n) is 6.92. The van der Waals surface area contributed by atoms with E-state index in [1.165, 1.54) is 10.5 Å². The first-order chi connectivity index (χ1) is 10.3. The molecular weight excluding hydrogens is 278 g/mol. The maximum atomic E-state index is 5.93. The highest BCUT2D eigenvalue weighted by atomic mass is 32.2. The van der Waals surface area contributed by atoms with Gasteiger partial charge in [0, 0.05) is 10.5 Å². The number of nitrogens with zero attached hydrogens (tertiary/aromatic N) is 1. The molecule has 0 bridgehead atoms. The molecule has 2 atom stereocenters. The molecule has 1 aliphatic rings. The molecule has 3 rings (SSSR count). The predicted molar refractivity (Wildman–Crippen MR) is 88.9 cm³/mol. The molecule has 0 saturated carbocycles. The summed E-state index contributed by atoms with van der Waals surface area (Å²) in [6.45, 7) is 5.94. The van der Waals surface area contributed by atoms with Crippen LogP contribution in [0.15, 0.2) is 77.1 Å². The molecule has 2 aromatic carbocycles. The van der Waals surface area contributed by atoms with Gasteiger partial charge in [-0.3, -0.25) is 0 Å². The van der Waals surface area contributed by atoms with Crippen molar-refractivity contribution in [3.8, 4) is 0 Å². The lowest BCUT2D eigenvalue weighted by atomic mass is 10.1. The normalized spacial score (nSPS) is 20.7. The third-order valence-electron chi connectivity index (χ3n) is 3.30. The van der Waals surface area contributed by atoms with Crippen LogP contribution >= 0.6 is 11.8 Å². The largest absolute Gasteiger partial charge is 0.467 e. The van der Waals surface area contributed by atoms with Crippen molar-refractivity contribution in [1.82, 2.24) is 0 Å². The Morgan fingerprint density at radius 3 is 2.48 bits per heavy atom. The van der Waals surface area contributed by atoms with Gasteiger partial charge in [0.2, 0.25) is 5.90 Å². The van der Waals surface area contributed by atoms with Crippen LogP contribution in [0.2, 0.25) is 0 Å². The predicted octanol–water partition coefficient (Wildman–Crippen LogP) is 4.44. The van der Waals surface area contributed by atoms with Crippen molar-refractivity contribution in [3.63, 3.8) is 0 Å². The average Bonchev–Trinajstić information content (AvgIpc) is 2.92. The minimum Gasteiger partial charge on any atom is -0.467 e. The molecular formula is C18H17NOS. The summed E-state index contributed by atoms with van der Waals surface area (Å²) in [6.07, 6.45) is 1.73. The molecule has 1 heterocycles. The third-order valence-corrected chi connectivity index (χ3v) is 4.46. The topological polar surface area (TPSA) is 21.6 Å². The number of aliphatic imine (C=N–C) groups is 1. The molecule has 3 heteroatoms. The van der Waals surface area contributed by atoms with E-state index in [2.05, 4.69) is 37.8 Å². The molecule has 1 aliphatic heterocycles. The fourth-order valence-corrected chi connectivity index (χ4v) is 3.18. The smallest absolute Gasteiger partial charge is 0.218 e. The summed E-state index contributed by atoms with van der Waals surface area (Å²) in [5, 5.41) is 0.0150. The molecule has 0 radical (unpaired) electrons. The summed E-state index contributed by atoms with van der Waals surface area (Å²) in [7, 11) is 0. The fraction of sp³-hybridized carbons (Fsp3) is 0.167. The molecule has 2 aromatic rings. The minimum atomic E-state index is -0.0912. The lowest BCUT2D eigenvalue weighted by molar-refractivity contribution is 0.267. The summed E-state index contributed by atoms with van der Waals surface area (Å²) in [4.78, 5) is 5.91. The number of rotatable bonds is 4. The van der Waals surface area contributed by atoms with Gasteiger partial charge in [-0.2, -0.15) is 0 Å². The second kappa shape index (κ2) is 6.19. The standard InChI is InChI=1S/C18H17NOS/c1-3-16-18(21-15-7-5-4-6-8-15)19-17(20-16)14-11-9-13(2)10-12-14/h3-12,16,18H,1H2,2H3/t16-,18-/m0/s1. The number of hydrogen-bond acceptors (Lipinski definition) is 3. The van der Waals surface area contributed by atoms with Crippen LogP contribution < -0.4 is 0 Å². The molecule has 0 spiro atoms. The monoisotopic (exact) mass is 295 g/mol. The lowest BCUT2D eigenvalue weighted by Crippen LogP contribution is -2.16. The number of hydrogen-bond donors (Lipinski definition) is 0. The van der Waals surface area contributed by atoms with Crippen molar-refractivity contribution in [2.75, 3.05) is 0 Å². The van der Waals surface area contributed by atoms with Crippen LogP contribution in [-0.4, -0.2) is 17.4 Å². The zero-order chi connectivity index (χ0) is 14.7. The molecule has 0 N–H and O–H groups in total. The van der Waals surface area contributed by atoms with E-state index in [9.17, 15) is 0 Å². The maximum absolute atomic E-state index is 5.93. The van der Waals surface area contributed by atoms with Crippen molar-refractivity contribution < 1.29 is 4.74 Å². The molecule has 0 saturated heterocycles. The van der Waals surface area contributed by atoms with Crippen molar-refractivity contribution in [2.24, 2.45) is 4.99 Å². The molecule has 0 amide bonds. The quantitative estimate of drug-likeness (QED) is 0.777. The average molecular weight is 295 g/mol. The Kier molecular flexibility index (Phi) is 4.11. The summed E-state index contributed by atoms with van der Waals surface area (Å²) in [5.41, 5.74) is 2.25. The zero-order valence-corrected chi connectivity index (χ0v) is 12.7. The lowest BCUT2D eigenvalue weighted by Gasteiger charge is -2.13. The number of ether oxygens (including phenoxy) is 1. The first-order valence-corrected chi connectivity index (χ1v) is 7.80. The van der Waals surface area contributed by atoms with E-state index in [1.54, 1.807) is 11.8 Å². The van der Waals surface area contributed by atoms with Crippen LogP contribution in [0.4, 0.5) is 0 Å². The van der Waals surface area contributed by atoms with E-state index in [4.69, 9.17) is 9.73 Å². The Morgan fingerprint density at radius 1 is 1.10 bits per heavy atom. The highest BCUT2D eigenvalue weighted by molar-refractivity contribution is 8.00. The summed E-state index contributed by atoms with van der Waals surface area (Å²) in [6, 6.07) is 18.5. The van der Waals surface area contributed by atoms with Crippen molar-refractivity contribution in [3.05, 3.63) is 78.4 Å². The van der Waals surface area contributed by atoms with Crippen molar-refractivity contribution >= 4 is 17.7 Å². The van der Waals surface area contributed by atoms with E-state index in [-0.39, 0.29) is 11.5 Å². The molecule has 0 aromatic heterocycles. The molecule has 0 fully saturated rings. The van der Waals surface area contributed by atoms with Gasteiger partial charge < -0.3 is 4.74 Å². The van der Waals surface area contributed by atoms with Gasteiger partial charge in [0.15, 0.2) is 6.10 Å². The van der Waals surface area contributed by atoms with Gasteiger partial charge in [0.05, 0.1) is 0 Å². The maximum Gasteiger partial charge on any atom is 0.218 e. The van der Waals surface area contributed by atoms with E-state index >= 15 is 0 Å². The van der Waals surface area contributed by atoms with Crippen LogP contribution in [0.5, 0.6) is 0 Å². The Labute approximate surface area is 129 Å². The number of benzene rings is 2. The van der Waals surface area contributed by atoms with Gasteiger partial charge in [-0.25, -0.2) is 4.99 Å². The van der Waals surface area contributed by atoms with E-state index in [0.717, 1.165) is 5.56 Å². The summed E-state index contributed by atoms with van der Waals surface area (Å²) < 4.78 is 5.93. The van der Waals surface area contributed by atoms with Gasteiger partial charge in [0.1, 0.15) is 5.37 Å². The Bertz CT molecular complexity index is 649. The van der Waals surface area contributed by atoms with Gasteiger partial charge in [-0.1, -0.05) is 54.2 Å². The van der Waals surface area contributed by atoms with Gasteiger partial charge >= 0.3 is 0 Å². The van der Waals surface area contributed by atoms with Crippen LogP contribution in [0, 0.1) is 6.92 Å². The van der Waals surface area contributed by atoms with Crippen LogP contribution in [-0.2, 0) is 4.74 Å². The van der Waals surface area contributed by atoms with Crippen LogP contribution in [0.3, 0.4) is 0 Å². The van der Waals surface area contributed by atoms with Crippen LogP contribution in [0.25, 0.3) is 0 Å². The molecule has 2 nitrogen and oxygen atoms in total. The van der Waals surface area contributed by atoms with Gasteiger partial charge in [0.25, 0.3) is 0 Å². The second-order valence-corrected chi connectivity index (χ2v) is 6.13.